The maximum absolute atomic E-state index is 10.7. The van der Waals surface area contributed by atoms with Crippen molar-refractivity contribution in [3.63, 3.8) is 0 Å². The summed E-state index contributed by atoms with van der Waals surface area (Å²) in [6, 6.07) is 0. The van der Waals surface area contributed by atoms with Crippen LogP contribution in [0.5, 0.6) is 0 Å². The standard InChI is InChI=1S/C15H22O2/c1-10-3-6-14-12(9-10)5-4-11(2)13(14)7-8-15(16)17/h4-5,7,10-12,14H,3,6,8-9H2,1-2H3,(H,16,17). The van der Waals surface area contributed by atoms with Gasteiger partial charge in [0.1, 0.15) is 0 Å². The number of carboxylic acids is 1. The van der Waals surface area contributed by atoms with Gasteiger partial charge in [-0.25, -0.2) is 0 Å². The van der Waals surface area contributed by atoms with E-state index in [0.717, 1.165) is 5.92 Å². The fourth-order valence-electron chi connectivity index (χ4n) is 3.35. The normalized spacial score (nSPS) is 39.1. The quantitative estimate of drug-likeness (QED) is 0.740. The minimum Gasteiger partial charge on any atom is -0.481 e. The molecule has 0 radical (unpaired) electrons. The topological polar surface area (TPSA) is 37.3 Å². The van der Waals surface area contributed by atoms with Crippen LogP contribution < -0.4 is 0 Å². The molecule has 0 aromatic heterocycles. The summed E-state index contributed by atoms with van der Waals surface area (Å²) in [5.41, 5.74) is 1.37. The van der Waals surface area contributed by atoms with Gasteiger partial charge in [0.2, 0.25) is 0 Å². The molecule has 0 heterocycles. The first-order valence-corrected chi connectivity index (χ1v) is 6.68. The molecule has 1 saturated carbocycles. The summed E-state index contributed by atoms with van der Waals surface area (Å²) < 4.78 is 0. The van der Waals surface area contributed by atoms with E-state index in [4.69, 9.17) is 5.11 Å². The first kappa shape index (κ1) is 12.4. The van der Waals surface area contributed by atoms with Gasteiger partial charge >= 0.3 is 5.97 Å². The zero-order valence-corrected chi connectivity index (χ0v) is 10.7. The van der Waals surface area contributed by atoms with Crippen LogP contribution in [0.3, 0.4) is 0 Å². The van der Waals surface area contributed by atoms with Crippen LogP contribution in [0.2, 0.25) is 0 Å². The fourth-order valence-corrected chi connectivity index (χ4v) is 3.35. The van der Waals surface area contributed by atoms with E-state index in [1.54, 1.807) is 0 Å². The third-order valence-electron chi connectivity index (χ3n) is 4.28. The molecule has 0 aromatic carbocycles. The molecule has 0 spiro atoms. The Labute approximate surface area is 103 Å². The Morgan fingerprint density at radius 3 is 2.88 bits per heavy atom. The van der Waals surface area contributed by atoms with E-state index in [1.165, 1.54) is 24.8 Å². The molecule has 2 aliphatic carbocycles. The van der Waals surface area contributed by atoms with Crippen molar-refractivity contribution in [3.8, 4) is 0 Å². The third-order valence-corrected chi connectivity index (χ3v) is 4.28. The smallest absolute Gasteiger partial charge is 0.307 e. The summed E-state index contributed by atoms with van der Waals surface area (Å²) in [6.45, 7) is 4.50. The lowest BCUT2D eigenvalue weighted by atomic mass is 9.66. The molecule has 2 rings (SSSR count). The highest BCUT2D eigenvalue weighted by Gasteiger charge is 2.33. The summed E-state index contributed by atoms with van der Waals surface area (Å²) in [7, 11) is 0. The van der Waals surface area contributed by atoms with Crippen molar-refractivity contribution in [1.82, 2.24) is 0 Å². The molecule has 0 bridgehead atoms. The Bertz CT molecular complexity index is 354. The number of allylic oxidation sites excluding steroid dienone is 3. The first-order chi connectivity index (χ1) is 8.08. The van der Waals surface area contributed by atoms with Gasteiger partial charge in [0, 0.05) is 0 Å². The average Bonchev–Trinajstić information content (AvgIpc) is 2.27. The molecule has 1 N–H and O–H groups in total. The highest BCUT2D eigenvalue weighted by Crippen LogP contribution is 2.44. The second-order valence-corrected chi connectivity index (χ2v) is 5.66. The highest BCUT2D eigenvalue weighted by molar-refractivity contribution is 5.68. The van der Waals surface area contributed by atoms with E-state index in [2.05, 4.69) is 26.0 Å². The lowest BCUT2D eigenvalue weighted by Gasteiger charge is -2.39. The molecule has 1 fully saturated rings. The zero-order chi connectivity index (χ0) is 12.4. The molecule has 94 valence electrons. The molecule has 0 saturated heterocycles. The van der Waals surface area contributed by atoms with Crippen LogP contribution in [0.4, 0.5) is 0 Å². The number of carboxylic acid groups (broad SMARTS) is 1. The Morgan fingerprint density at radius 1 is 1.41 bits per heavy atom. The first-order valence-electron chi connectivity index (χ1n) is 6.68. The third kappa shape index (κ3) is 2.80. The molecular weight excluding hydrogens is 212 g/mol. The maximum atomic E-state index is 10.7. The van der Waals surface area contributed by atoms with E-state index < -0.39 is 5.97 Å². The van der Waals surface area contributed by atoms with Crippen molar-refractivity contribution in [1.29, 1.82) is 0 Å². The number of carbonyl (C=O) groups is 1. The molecule has 2 heteroatoms. The molecule has 2 aliphatic rings. The van der Waals surface area contributed by atoms with Crippen LogP contribution in [0.25, 0.3) is 0 Å². The van der Waals surface area contributed by atoms with Crippen LogP contribution in [-0.4, -0.2) is 11.1 Å². The number of aliphatic carboxylic acids is 1. The molecule has 0 amide bonds. The largest absolute Gasteiger partial charge is 0.481 e. The highest BCUT2D eigenvalue weighted by atomic mass is 16.4. The van der Waals surface area contributed by atoms with E-state index in [1.807, 2.05) is 6.08 Å². The van der Waals surface area contributed by atoms with Crippen molar-refractivity contribution in [2.45, 2.75) is 39.5 Å². The van der Waals surface area contributed by atoms with Gasteiger partial charge in [-0.2, -0.15) is 0 Å². The van der Waals surface area contributed by atoms with Crippen LogP contribution in [-0.2, 0) is 4.79 Å². The molecule has 0 aromatic rings. The molecule has 2 nitrogen and oxygen atoms in total. The Balaban J connectivity index is 2.17. The van der Waals surface area contributed by atoms with Crippen molar-refractivity contribution in [3.05, 3.63) is 23.8 Å². The lowest BCUT2D eigenvalue weighted by Crippen LogP contribution is -2.28. The minimum absolute atomic E-state index is 0.173. The summed E-state index contributed by atoms with van der Waals surface area (Å²) in [5.74, 6) is 1.76. The Hall–Kier alpha value is -1.05. The monoisotopic (exact) mass is 234 g/mol. The zero-order valence-electron chi connectivity index (χ0n) is 10.7. The Morgan fingerprint density at radius 2 is 2.18 bits per heavy atom. The van der Waals surface area contributed by atoms with Crippen molar-refractivity contribution in [2.24, 2.45) is 23.7 Å². The summed E-state index contributed by atoms with van der Waals surface area (Å²) >= 11 is 0. The van der Waals surface area contributed by atoms with E-state index in [0.29, 0.717) is 17.8 Å². The van der Waals surface area contributed by atoms with E-state index >= 15 is 0 Å². The van der Waals surface area contributed by atoms with Crippen LogP contribution >= 0.6 is 0 Å². The van der Waals surface area contributed by atoms with Gasteiger partial charge < -0.3 is 5.11 Å². The van der Waals surface area contributed by atoms with Crippen molar-refractivity contribution >= 4 is 5.97 Å². The van der Waals surface area contributed by atoms with Crippen LogP contribution in [0, 0.1) is 23.7 Å². The molecule has 4 unspecified atom stereocenters. The second-order valence-electron chi connectivity index (χ2n) is 5.66. The fraction of sp³-hybridized carbons (Fsp3) is 0.667. The van der Waals surface area contributed by atoms with Gasteiger partial charge in [-0.1, -0.05) is 44.1 Å². The predicted octanol–water partition coefficient (Wildman–Crippen LogP) is 3.65. The van der Waals surface area contributed by atoms with Crippen molar-refractivity contribution in [2.75, 3.05) is 0 Å². The average molecular weight is 234 g/mol. The summed E-state index contributed by atoms with van der Waals surface area (Å²) in [5, 5.41) is 8.81. The van der Waals surface area contributed by atoms with Gasteiger partial charge in [-0.05, 0) is 36.5 Å². The van der Waals surface area contributed by atoms with Gasteiger partial charge in [-0.15, -0.1) is 0 Å². The summed E-state index contributed by atoms with van der Waals surface area (Å²) in [6.07, 6.45) is 10.5. The SMILES string of the molecule is CC1CCC2C(=CCC(=O)O)C(C)C=CC2C1. The van der Waals surface area contributed by atoms with E-state index in [9.17, 15) is 4.79 Å². The summed E-state index contributed by atoms with van der Waals surface area (Å²) in [4.78, 5) is 10.7. The Kier molecular flexibility index (Phi) is 3.70. The molecule has 0 aliphatic heterocycles. The molecular formula is C15H22O2. The minimum atomic E-state index is -0.722. The maximum Gasteiger partial charge on any atom is 0.307 e. The van der Waals surface area contributed by atoms with Crippen LogP contribution in [0.15, 0.2) is 23.8 Å². The molecule has 4 atom stereocenters. The predicted molar refractivity (Wildman–Crippen MR) is 68.6 cm³/mol. The molecule has 17 heavy (non-hydrogen) atoms. The lowest BCUT2D eigenvalue weighted by molar-refractivity contribution is -0.136. The van der Waals surface area contributed by atoms with Crippen LogP contribution in [0.1, 0.15) is 39.5 Å². The van der Waals surface area contributed by atoms with Gasteiger partial charge in [0.15, 0.2) is 0 Å². The number of rotatable bonds is 2. The number of hydrogen-bond acceptors (Lipinski definition) is 1. The van der Waals surface area contributed by atoms with Gasteiger partial charge in [-0.3, -0.25) is 4.79 Å². The van der Waals surface area contributed by atoms with E-state index in [-0.39, 0.29) is 6.42 Å². The number of hydrogen-bond donors (Lipinski definition) is 1. The van der Waals surface area contributed by atoms with Gasteiger partial charge in [0.05, 0.1) is 6.42 Å². The van der Waals surface area contributed by atoms with Gasteiger partial charge in [0.25, 0.3) is 0 Å². The second kappa shape index (κ2) is 5.07. The number of fused-ring (bicyclic) bond motifs is 1. The van der Waals surface area contributed by atoms with Crippen molar-refractivity contribution < 1.29 is 9.90 Å².